The Bertz CT molecular complexity index is 1620. The predicted molar refractivity (Wildman–Crippen MR) is 149 cm³/mol. The van der Waals surface area contributed by atoms with Crippen molar-refractivity contribution in [1.29, 1.82) is 0 Å². The highest BCUT2D eigenvalue weighted by Crippen LogP contribution is 2.23. The van der Waals surface area contributed by atoms with E-state index in [4.69, 9.17) is 4.74 Å². The number of nitro benzene ring substituents is 1. The lowest BCUT2D eigenvalue weighted by Gasteiger charge is -2.11. The van der Waals surface area contributed by atoms with Crippen LogP contribution >= 0.6 is 15.9 Å². The third-order valence-electron chi connectivity index (χ3n) is 5.63. The van der Waals surface area contributed by atoms with E-state index >= 15 is 0 Å². The minimum Gasteiger partial charge on any atom is -0.483 e. The molecule has 0 saturated carbocycles. The molecular formula is C27H23BrFN5O5. The maximum atomic E-state index is 13.3. The summed E-state index contributed by atoms with van der Waals surface area (Å²) in [6.07, 6.45) is 3.42. The first kappa shape index (κ1) is 27.6. The zero-order chi connectivity index (χ0) is 27.9. The quantitative estimate of drug-likeness (QED) is 0.147. The second-order valence-corrected chi connectivity index (χ2v) is 9.39. The van der Waals surface area contributed by atoms with Gasteiger partial charge in [-0.05, 0) is 55.0 Å². The summed E-state index contributed by atoms with van der Waals surface area (Å²) in [4.78, 5) is 41.1. The molecule has 0 radical (unpaired) electrons. The van der Waals surface area contributed by atoms with Gasteiger partial charge in [-0.15, -0.1) is 0 Å². The van der Waals surface area contributed by atoms with Crippen LogP contribution in [0.15, 0.2) is 75.0 Å². The van der Waals surface area contributed by atoms with Crippen LogP contribution in [0.1, 0.15) is 31.2 Å². The molecule has 4 aromatic rings. The van der Waals surface area contributed by atoms with Gasteiger partial charge in [0.1, 0.15) is 17.4 Å². The molecule has 200 valence electrons. The second kappa shape index (κ2) is 12.4. The van der Waals surface area contributed by atoms with Gasteiger partial charge in [-0.1, -0.05) is 29.3 Å². The molecular weight excluding hydrogens is 573 g/mol. The Kier molecular flexibility index (Phi) is 8.77. The van der Waals surface area contributed by atoms with Crippen molar-refractivity contribution in [3.8, 4) is 5.75 Å². The first-order valence-corrected chi connectivity index (χ1v) is 12.8. The molecule has 0 unspecified atom stereocenters. The fourth-order valence-corrected chi connectivity index (χ4v) is 4.05. The molecule has 39 heavy (non-hydrogen) atoms. The lowest BCUT2D eigenvalue weighted by molar-refractivity contribution is -0.384. The number of carbonyl (C=O) groups excluding carboxylic acids is 1. The minimum absolute atomic E-state index is 0.137. The minimum atomic E-state index is -0.573. The van der Waals surface area contributed by atoms with E-state index in [9.17, 15) is 24.1 Å². The van der Waals surface area contributed by atoms with Crippen molar-refractivity contribution < 1.29 is 18.8 Å². The number of nitrogens with zero attached hydrogens (tertiary/aromatic N) is 4. The van der Waals surface area contributed by atoms with Crippen molar-refractivity contribution >= 4 is 50.3 Å². The Morgan fingerprint density at radius 1 is 1.21 bits per heavy atom. The third-order valence-corrected chi connectivity index (χ3v) is 6.13. The number of carbonyl (C=O) groups is 1. The average molecular weight is 596 g/mol. The highest BCUT2D eigenvalue weighted by molar-refractivity contribution is 9.10. The summed E-state index contributed by atoms with van der Waals surface area (Å²) in [6, 6.07) is 14.2. The van der Waals surface area contributed by atoms with Gasteiger partial charge in [0.25, 0.3) is 17.2 Å². The molecule has 0 aliphatic rings. The van der Waals surface area contributed by atoms with Crippen LogP contribution in [0.5, 0.6) is 5.75 Å². The SMILES string of the molecule is CCCCc1nc2ccc(Br)cc2c(=O)n1N=Cc1cc([N+](=O)[O-])ccc1OCC(=O)Nc1ccc(F)cc1. The van der Waals surface area contributed by atoms with Gasteiger partial charge in [0.05, 0.1) is 22.0 Å². The van der Waals surface area contributed by atoms with E-state index in [2.05, 4.69) is 31.3 Å². The van der Waals surface area contributed by atoms with E-state index in [1.54, 1.807) is 18.2 Å². The molecule has 10 nitrogen and oxygen atoms in total. The highest BCUT2D eigenvalue weighted by atomic mass is 79.9. The molecule has 4 rings (SSSR count). The fourth-order valence-electron chi connectivity index (χ4n) is 3.69. The van der Waals surface area contributed by atoms with Gasteiger partial charge >= 0.3 is 0 Å². The van der Waals surface area contributed by atoms with E-state index in [0.29, 0.717) is 33.3 Å². The van der Waals surface area contributed by atoms with Gasteiger partial charge in [0.15, 0.2) is 6.61 Å². The number of nitrogens with one attached hydrogen (secondary N) is 1. The number of nitro groups is 1. The number of aryl methyl sites for hydroxylation is 1. The van der Waals surface area contributed by atoms with Crippen molar-refractivity contribution in [3.05, 3.63) is 103 Å². The number of unbranched alkanes of at least 4 members (excludes halogenated alkanes) is 1. The molecule has 0 fully saturated rings. The van der Waals surface area contributed by atoms with Crippen LogP contribution < -0.4 is 15.6 Å². The smallest absolute Gasteiger partial charge is 0.282 e. The number of anilines is 1. The fraction of sp³-hybridized carbons (Fsp3) is 0.185. The van der Waals surface area contributed by atoms with Gasteiger partial charge in [-0.2, -0.15) is 9.78 Å². The Labute approximate surface area is 230 Å². The second-order valence-electron chi connectivity index (χ2n) is 8.48. The molecule has 1 N–H and O–H groups in total. The predicted octanol–water partition coefficient (Wildman–Crippen LogP) is 5.45. The Hall–Kier alpha value is -4.45. The van der Waals surface area contributed by atoms with Crippen molar-refractivity contribution in [3.63, 3.8) is 0 Å². The number of amides is 1. The maximum Gasteiger partial charge on any atom is 0.282 e. The molecule has 1 heterocycles. The van der Waals surface area contributed by atoms with E-state index < -0.39 is 28.8 Å². The molecule has 1 amide bonds. The zero-order valence-corrected chi connectivity index (χ0v) is 22.4. The van der Waals surface area contributed by atoms with E-state index in [1.807, 2.05) is 6.92 Å². The number of hydrogen-bond acceptors (Lipinski definition) is 7. The Balaban J connectivity index is 1.66. The van der Waals surface area contributed by atoms with Gasteiger partial charge in [-0.25, -0.2) is 9.37 Å². The molecule has 0 bridgehead atoms. The van der Waals surface area contributed by atoms with Crippen LogP contribution in [0, 0.1) is 15.9 Å². The lowest BCUT2D eigenvalue weighted by Crippen LogP contribution is -2.23. The van der Waals surface area contributed by atoms with Crippen LogP contribution in [0.2, 0.25) is 0 Å². The number of hydrogen-bond donors (Lipinski definition) is 1. The molecule has 3 aromatic carbocycles. The molecule has 1 aromatic heterocycles. The number of non-ortho nitro benzene ring substituents is 1. The normalized spacial score (nSPS) is 11.2. The van der Waals surface area contributed by atoms with Crippen LogP contribution in [0.4, 0.5) is 15.8 Å². The number of aromatic nitrogens is 2. The summed E-state index contributed by atoms with van der Waals surface area (Å²) >= 11 is 3.37. The summed E-state index contributed by atoms with van der Waals surface area (Å²) in [7, 11) is 0. The van der Waals surface area contributed by atoms with Gasteiger partial charge in [0, 0.05) is 34.3 Å². The molecule has 0 aliphatic carbocycles. The van der Waals surface area contributed by atoms with Crippen LogP contribution in [-0.4, -0.2) is 33.3 Å². The van der Waals surface area contributed by atoms with Crippen LogP contribution in [0.25, 0.3) is 10.9 Å². The maximum absolute atomic E-state index is 13.3. The number of fused-ring (bicyclic) bond motifs is 1. The van der Waals surface area contributed by atoms with Gasteiger partial charge < -0.3 is 10.1 Å². The molecule has 12 heteroatoms. The Morgan fingerprint density at radius 2 is 1.97 bits per heavy atom. The topological polar surface area (TPSA) is 129 Å². The van der Waals surface area contributed by atoms with E-state index in [1.165, 1.54) is 53.4 Å². The first-order valence-electron chi connectivity index (χ1n) is 12.0. The first-order chi connectivity index (χ1) is 18.7. The molecule has 0 atom stereocenters. The largest absolute Gasteiger partial charge is 0.483 e. The third kappa shape index (κ3) is 6.90. The van der Waals surface area contributed by atoms with Gasteiger partial charge in [-0.3, -0.25) is 19.7 Å². The van der Waals surface area contributed by atoms with Crippen LogP contribution in [0.3, 0.4) is 0 Å². The number of halogens is 2. The number of benzene rings is 3. The van der Waals surface area contributed by atoms with Crippen molar-refractivity contribution in [2.24, 2.45) is 5.10 Å². The summed E-state index contributed by atoms with van der Waals surface area (Å²) < 4.78 is 20.6. The summed E-state index contributed by atoms with van der Waals surface area (Å²) in [6.45, 7) is 1.59. The summed E-state index contributed by atoms with van der Waals surface area (Å²) in [5.41, 5.74) is 0.479. The standard InChI is InChI=1S/C27H23BrFN5O5/c1-2-3-4-25-32-23-11-5-18(28)14-22(23)27(36)33(25)30-15-17-13-21(34(37)38)10-12-24(17)39-16-26(35)31-20-8-6-19(29)7-9-20/h5-15H,2-4,16H2,1H3,(H,31,35). The molecule has 0 aliphatic heterocycles. The highest BCUT2D eigenvalue weighted by Gasteiger charge is 2.15. The zero-order valence-electron chi connectivity index (χ0n) is 20.8. The van der Waals surface area contributed by atoms with Crippen molar-refractivity contribution in [2.75, 3.05) is 11.9 Å². The van der Waals surface area contributed by atoms with E-state index in [-0.39, 0.29) is 17.0 Å². The summed E-state index contributed by atoms with van der Waals surface area (Å²) in [5.74, 6) is -0.381. The molecule has 0 saturated heterocycles. The Morgan fingerprint density at radius 3 is 2.69 bits per heavy atom. The number of rotatable bonds is 10. The monoisotopic (exact) mass is 595 g/mol. The number of ether oxygens (including phenoxy) is 1. The van der Waals surface area contributed by atoms with Crippen molar-refractivity contribution in [2.45, 2.75) is 26.2 Å². The summed E-state index contributed by atoms with van der Waals surface area (Å²) in [5, 5.41) is 18.7. The van der Waals surface area contributed by atoms with E-state index in [0.717, 1.165) is 12.8 Å². The average Bonchev–Trinajstić information content (AvgIpc) is 2.92. The molecule has 0 spiro atoms. The van der Waals surface area contributed by atoms with Gasteiger partial charge in [0.2, 0.25) is 0 Å². The van der Waals surface area contributed by atoms with Crippen molar-refractivity contribution in [1.82, 2.24) is 9.66 Å². The lowest BCUT2D eigenvalue weighted by atomic mass is 10.2. The van der Waals surface area contributed by atoms with Crippen LogP contribution in [-0.2, 0) is 11.2 Å².